The number of rotatable bonds is 1. The molecule has 14 heavy (non-hydrogen) atoms. The molecule has 1 aliphatic heterocycles. The van der Waals surface area contributed by atoms with E-state index in [1.54, 1.807) is 0 Å². The van der Waals surface area contributed by atoms with Gasteiger partial charge in [0.1, 0.15) is 0 Å². The van der Waals surface area contributed by atoms with Crippen LogP contribution in [0.1, 0.15) is 19.3 Å². The van der Waals surface area contributed by atoms with E-state index in [2.05, 4.69) is 39.6 Å². The Morgan fingerprint density at radius 3 is 2.50 bits per heavy atom. The largest absolute Gasteiger partial charge is 0.397 e. The summed E-state index contributed by atoms with van der Waals surface area (Å²) < 4.78 is 1.21. The van der Waals surface area contributed by atoms with Crippen molar-refractivity contribution in [3.8, 4) is 0 Å². The lowest BCUT2D eigenvalue weighted by Crippen LogP contribution is -2.29. The number of nitrogens with two attached hydrogens (primary N) is 1. The van der Waals surface area contributed by atoms with Crippen LogP contribution in [0.3, 0.4) is 0 Å². The zero-order chi connectivity index (χ0) is 9.97. The summed E-state index contributed by atoms with van der Waals surface area (Å²) in [6, 6.07) is 6.31. The van der Waals surface area contributed by atoms with Crippen LogP contribution in [0.25, 0.3) is 0 Å². The van der Waals surface area contributed by atoms with E-state index in [1.807, 2.05) is 6.07 Å². The molecule has 3 heteroatoms. The Bertz CT molecular complexity index is 319. The molecule has 1 aromatic carbocycles. The smallest absolute Gasteiger partial charge is 0.0600 e. The van der Waals surface area contributed by atoms with Crippen LogP contribution in [0.2, 0.25) is 0 Å². The normalized spacial score (nSPS) is 17.1. The fraction of sp³-hybridized carbons (Fsp3) is 0.455. The molecule has 0 spiro atoms. The van der Waals surface area contributed by atoms with Gasteiger partial charge in [-0.25, -0.2) is 0 Å². The summed E-state index contributed by atoms with van der Waals surface area (Å²) in [5.41, 5.74) is 8.13. The minimum absolute atomic E-state index is 0.916. The number of halogens is 1. The maximum absolute atomic E-state index is 6.01. The van der Waals surface area contributed by atoms with Crippen molar-refractivity contribution in [3.05, 3.63) is 21.8 Å². The fourth-order valence-corrected chi connectivity index (χ4v) is 2.46. The lowest BCUT2D eigenvalue weighted by Gasteiger charge is -2.29. The van der Waals surface area contributed by atoms with Gasteiger partial charge in [0.2, 0.25) is 0 Å². The summed E-state index contributed by atoms with van der Waals surface area (Å²) in [4.78, 5) is 2.40. The van der Waals surface area contributed by atoms with Gasteiger partial charge in [-0.3, -0.25) is 0 Å². The minimum atomic E-state index is 0.916. The molecule has 0 atom stereocenters. The molecule has 1 aromatic rings. The standard InChI is InChI=1S/C11H15IN2/c12-9-4-5-11(10(13)8-9)14-6-2-1-3-7-14/h4-5,8H,1-3,6-7,13H2. The van der Waals surface area contributed by atoms with E-state index in [-0.39, 0.29) is 0 Å². The summed E-state index contributed by atoms with van der Waals surface area (Å²) in [6.45, 7) is 2.32. The van der Waals surface area contributed by atoms with Gasteiger partial charge in [0.15, 0.2) is 0 Å². The zero-order valence-electron chi connectivity index (χ0n) is 8.17. The van der Waals surface area contributed by atoms with E-state index in [4.69, 9.17) is 5.73 Å². The molecule has 1 aliphatic rings. The Hall–Kier alpha value is -0.450. The molecule has 0 aliphatic carbocycles. The number of hydrogen-bond donors (Lipinski definition) is 1. The summed E-state index contributed by atoms with van der Waals surface area (Å²) >= 11 is 2.29. The van der Waals surface area contributed by atoms with Gasteiger partial charge < -0.3 is 10.6 Å². The summed E-state index contributed by atoms with van der Waals surface area (Å²) in [5, 5.41) is 0. The summed E-state index contributed by atoms with van der Waals surface area (Å²) in [5.74, 6) is 0. The molecule has 2 N–H and O–H groups in total. The highest BCUT2D eigenvalue weighted by Gasteiger charge is 2.12. The van der Waals surface area contributed by atoms with Crippen molar-refractivity contribution in [2.75, 3.05) is 23.7 Å². The molecule has 1 saturated heterocycles. The molecule has 2 nitrogen and oxygen atoms in total. The van der Waals surface area contributed by atoms with E-state index >= 15 is 0 Å². The summed E-state index contributed by atoms with van der Waals surface area (Å²) in [6.07, 6.45) is 3.96. The van der Waals surface area contributed by atoms with Crippen molar-refractivity contribution in [2.24, 2.45) is 0 Å². The van der Waals surface area contributed by atoms with Crippen molar-refractivity contribution in [1.29, 1.82) is 0 Å². The van der Waals surface area contributed by atoms with Crippen molar-refractivity contribution in [1.82, 2.24) is 0 Å². The van der Waals surface area contributed by atoms with Crippen LogP contribution < -0.4 is 10.6 Å². The molecular weight excluding hydrogens is 287 g/mol. The molecule has 76 valence electrons. The second-order valence-electron chi connectivity index (χ2n) is 3.75. The van der Waals surface area contributed by atoms with Crippen molar-refractivity contribution in [2.45, 2.75) is 19.3 Å². The van der Waals surface area contributed by atoms with Gasteiger partial charge in [-0.1, -0.05) is 0 Å². The average Bonchev–Trinajstić information content (AvgIpc) is 2.19. The van der Waals surface area contributed by atoms with E-state index < -0.39 is 0 Å². The highest BCUT2D eigenvalue weighted by Crippen LogP contribution is 2.27. The van der Waals surface area contributed by atoms with E-state index in [0.717, 1.165) is 18.8 Å². The number of anilines is 2. The van der Waals surface area contributed by atoms with E-state index in [9.17, 15) is 0 Å². The van der Waals surface area contributed by atoms with Gasteiger partial charge in [-0.2, -0.15) is 0 Å². The van der Waals surface area contributed by atoms with Crippen LogP contribution in [0.4, 0.5) is 11.4 Å². The molecule has 0 amide bonds. The second-order valence-corrected chi connectivity index (χ2v) is 5.00. The van der Waals surface area contributed by atoms with E-state index in [0.29, 0.717) is 0 Å². The van der Waals surface area contributed by atoms with Crippen LogP contribution in [0.5, 0.6) is 0 Å². The van der Waals surface area contributed by atoms with Crippen LogP contribution in [-0.4, -0.2) is 13.1 Å². The highest BCUT2D eigenvalue weighted by atomic mass is 127. The lowest BCUT2D eigenvalue weighted by molar-refractivity contribution is 0.578. The molecule has 1 fully saturated rings. The van der Waals surface area contributed by atoms with Gasteiger partial charge >= 0.3 is 0 Å². The van der Waals surface area contributed by atoms with Crippen LogP contribution in [-0.2, 0) is 0 Å². The third-order valence-corrected chi connectivity index (χ3v) is 3.36. The van der Waals surface area contributed by atoms with Crippen LogP contribution in [0, 0.1) is 3.57 Å². The molecular formula is C11H15IN2. The van der Waals surface area contributed by atoms with Crippen molar-refractivity contribution < 1.29 is 0 Å². The van der Waals surface area contributed by atoms with Crippen LogP contribution >= 0.6 is 22.6 Å². The highest BCUT2D eigenvalue weighted by molar-refractivity contribution is 14.1. The second kappa shape index (κ2) is 4.38. The third kappa shape index (κ3) is 2.13. The zero-order valence-corrected chi connectivity index (χ0v) is 10.3. The van der Waals surface area contributed by atoms with Crippen LogP contribution in [0.15, 0.2) is 18.2 Å². The fourth-order valence-electron chi connectivity index (χ4n) is 1.95. The summed E-state index contributed by atoms with van der Waals surface area (Å²) in [7, 11) is 0. The molecule has 1 heterocycles. The number of benzene rings is 1. The lowest BCUT2D eigenvalue weighted by atomic mass is 10.1. The van der Waals surface area contributed by atoms with Gasteiger partial charge in [0.25, 0.3) is 0 Å². The Morgan fingerprint density at radius 1 is 1.14 bits per heavy atom. The van der Waals surface area contributed by atoms with Gasteiger partial charge in [0.05, 0.1) is 11.4 Å². The SMILES string of the molecule is Nc1cc(I)ccc1N1CCCCC1. The molecule has 0 aromatic heterocycles. The monoisotopic (exact) mass is 302 g/mol. The van der Waals surface area contributed by atoms with E-state index in [1.165, 1.54) is 28.5 Å². The minimum Gasteiger partial charge on any atom is -0.397 e. The maximum Gasteiger partial charge on any atom is 0.0600 e. The first-order chi connectivity index (χ1) is 6.77. The van der Waals surface area contributed by atoms with Crippen molar-refractivity contribution in [3.63, 3.8) is 0 Å². The number of nitrogen functional groups attached to an aromatic ring is 1. The Labute approximate surface area is 98.6 Å². The number of nitrogens with zero attached hydrogens (tertiary/aromatic N) is 1. The van der Waals surface area contributed by atoms with Gasteiger partial charge in [0, 0.05) is 16.7 Å². The third-order valence-electron chi connectivity index (χ3n) is 2.69. The molecule has 2 rings (SSSR count). The predicted octanol–water partition coefficient (Wildman–Crippen LogP) is 2.86. The number of hydrogen-bond acceptors (Lipinski definition) is 2. The van der Waals surface area contributed by atoms with Gasteiger partial charge in [-0.15, -0.1) is 0 Å². The molecule has 0 unspecified atom stereocenters. The quantitative estimate of drug-likeness (QED) is 0.638. The first-order valence-corrected chi connectivity index (χ1v) is 6.15. The van der Waals surface area contributed by atoms with Crippen molar-refractivity contribution >= 4 is 34.0 Å². The molecule has 0 bridgehead atoms. The molecule has 0 radical (unpaired) electrons. The first kappa shape index (κ1) is 10.1. The Balaban J connectivity index is 2.22. The van der Waals surface area contributed by atoms with Gasteiger partial charge in [-0.05, 0) is 60.1 Å². The molecule has 0 saturated carbocycles. The topological polar surface area (TPSA) is 29.3 Å². The average molecular weight is 302 g/mol. The Kier molecular flexibility index (Phi) is 3.15. The predicted molar refractivity (Wildman–Crippen MR) is 69.6 cm³/mol. The first-order valence-electron chi connectivity index (χ1n) is 5.07. The maximum atomic E-state index is 6.01. The number of piperidine rings is 1. The Morgan fingerprint density at radius 2 is 1.86 bits per heavy atom.